The Morgan fingerprint density at radius 2 is 1.92 bits per heavy atom. The first-order valence-corrected chi connectivity index (χ1v) is 7.80. The highest BCUT2D eigenvalue weighted by molar-refractivity contribution is 6.14. The van der Waals surface area contributed by atoms with Gasteiger partial charge in [0, 0.05) is 35.6 Å². The molecule has 1 aliphatic heterocycles. The summed E-state index contributed by atoms with van der Waals surface area (Å²) in [5.41, 5.74) is 2.70. The summed E-state index contributed by atoms with van der Waals surface area (Å²) in [5, 5.41) is 2.86. The third-order valence-corrected chi connectivity index (χ3v) is 4.01. The molecule has 1 aromatic heterocycles. The molecule has 5 nitrogen and oxygen atoms in total. The first-order valence-electron chi connectivity index (χ1n) is 7.80. The van der Waals surface area contributed by atoms with Crippen LogP contribution in [0.5, 0.6) is 0 Å². The van der Waals surface area contributed by atoms with Crippen molar-refractivity contribution in [2.24, 2.45) is 16.3 Å². The Hall–Kier alpha value is -2.82. The average Bonchev–Trinajstić information content (AvgIpc) is 2.53. The second kappa shape index (κ2) is 6.00. The predicted molar refractivity (Wildman–Crippen MR) is 92.4 cm³/mol. The second-order valence-corrected chi connectivity index (χ2v) is 6.85. The van der Waals surface area contributed by atoms with Crippen molar-refractivity contribution in [3.63, 3.8) is 0 Å². The lowest BCUT2D eigenvalue weighted by Crippen LogP contribution is -2.36. The summed E-state index contributed by atoms with van der Waals surface area (Å²) < 4.78 is 0. The summed E-state index contributed by atoms with van der Waals surface area (Å²) in [7, 11) is 0. The quantitative estimate of drug-likeness (QED) is 0.864. The van der Waals surface area contributed by atoms with Crippen LogP contribution in [0.25, 0.3) is 0 Å². The molecule has 1 N–H and O–H groups in total. The second-order valence-electron chi connectivity index (χ2n) is 6.85. The molecule has 1 aliphatic carbocycles. The Kier molecular flexibility index (Phi) is 4.01. The van der Waals surface area contributed by atoms with E-state index in [1.165, 1.54) is 0 Å². The minimum atomic E-state index is -0.332. The number of aliphatic imine (C=N–C) groups is 1. The predicted octanol–water partition coefficient (Wildman–Crippen LogP) is 2.84. The number of nitrogens with one attached hydrogen (secondary N) is 1. The van der Waals surface area contributed by atoms with Crippen molar-refractivity contribution in [1.82, 2.24) is 10.3 Å². The van der Waals surface area contributed by atoms with Crippen LogP contribution in [0.3, 0.4) is 0 Å². The van der Waals surface area contributed by atoms with Crippen molar-refractivity contribution < 1.29 is 9.59 Å². The SMILES string of the molecule is CC(C)(C)C1=CC(=O)NC2=CC(=NC(=O)c3ccncc3)C=CC21. The van der Waals surface area contributed by atoms with E-state index in [9.17, 15) is 9.59 Å². The van der Waals surface area contributed by atoms with E-state index < -0.39 is 0 Å². The Morgan fingerprint density at radius 1 is 1.21 bits per heavy atom. The van der Waals surface area contributed by atoms with Crippen LogP contribution in [0.4, 0.5) is 0 Å². The number of fused-ring (bicyclic) bond motifs is 1. The molecule has 0 spiro atoms. The van der Waals surface area contributed by atoms with Gasteiger partial charge in [0.2, 0.25) is 5.91 Å². The van der Waals surface area contributed by atoms with E-state index in [-0.39, 0.29) is 23.1 Å². The van der Waals surface area contributed by atoms with Crippen LogP contribution in [0.15, 0.2) is 65.1 Å². The maximum absolute atomic E-state index is 12.2. The molecule has 3 rings (SSSR count). The molecule has 24 heavy (non-hydrogen) atoms. The summed E-state index contributed by atoms with van der Waals surface area (Å²) in [4.78, 5) is 32.2. The maximum Gasteiger partial charge on any atom is 0.277 e. The van der Waals surface area contributed by atoms with Crippen molar-refractivity contribution >= 4 is 17.5 Å². The van der Waals surface area contributed by atoms with Gasteiger partial charge in [0.05, 0.1) is 5.71 Å². The fraction of sp³-hybridized carbons (Fsp3) is 0.263. The largest absolute Gasteiger partial charge is 0.325 e. The van der Waals surface area contributed by atoms with E-state index in [0.717, 1.165) is 11.3 Å². The van der Waals surface area contributed by atoms with Crippen LogP contribution < -0.4 is 5.32 Å². The summed E-state index contributed by atoms with van der Waals surface area (Å²) in [6, 6.07) is 3.25. The number of hydrogen-bond donors (Lipinski definition) is 1. The zero-order chi connectivity index (χ0) is 17.3. The van der Waals surface area contributed by atoms with E-state index in [1.54, 1.807) is 36.7 Å². The molecule has 0 saturated carbocycles. The van der Waals surface area contributed by atoms with Crippen LogP contribution >= 0.6 is 0 Å². The Balaban J connectivity index is 1.90. The molecule has 2 heterocycles. The summed E-state index contributed by atoms with van der Waals surface area (Å²) in [5.74, 6) is -0.462. The fourth-order valence-corrected chi connectivity index (χ4v) is 2.82. The standard InChI is InChI=1S/C19H19N3O2/c1-19(2,3)15-11-17(23)22-16-10-13(4-5-14(15)16)21-18(24)12-6-8-20-9-7-12/h4-11,14H,1-3H3,(H,22,23). The van der Waals surface area contributed by atoms with E-state index in [0.29, 0.717) is 11.3 Å². The van der Waals surface area contributed by atoms with E-state index in [1.807, 2.05) is 12.2 Å². The number of aromatic nitrogens is 1. The zero-order valence-corrected chi connectivity index (χ0v) is 13.9. The number of carbonyl (C=O) groups is 2. The molecule has 1 unspecified atom stereocenters. The van der Waals surface area contributed by atoms with Crippen molar-refractivity contribution in [2.75, 3.05) is 0 Å². The molecule has 0 radical (unpaired) electrons. The zero-order valence-electron chi connectivity index (χ0n) is 13.9. The Bertz CT molecular complexity index is 809. The lowest BCUT2D eigenvalue weighted by Gasteiger charge is -2.34. The van der Waals surface area contributed by atoms with Crippen molar-refractivity contribution in [1.29, 1.82) is 0 Å². The van der Waals surface area contributed by atoms with Gasteiger partial charge in [-0.05, 0) is 35.3 Å². The molecule has 1 aromatic rings. The number of nitrogens with zero attached hydrogens (tertiary/aromatic N) is 2. The lowest BCUT2D eigenvalue weighted by atomic mass is 9.74. The van der Waals surface area contributed by atoms with E-state index in [2.05, 4.69) is 36.1 Å². The third kappa shape index (κ3) is 3.25. The number of hydrogen-bond acceptors (Lipinski definition) is 3. The highest BCUT2D eigenvalue weighted by Crippen LogP contribution is 2.38. The molecule has 2 aliphatic rings. The number of carbonyl (C=O) groups excluding carboxylic acids is 2. The van der Waals surface area contributed by atoms with Gasteiger partial charge in [-0.25, -0.2) is 4.99 Å². The van der Waals surface area contributed by atoms with Crippen LogP contribution in [-0.4, -0.2) is 22.5 Å². The van der Waals surface area contributed by atoms with Gasteiger partial charge in [-0.15, -0.1) is 0 Å². The van der Waals surface area contributed by atoms with E-state index in [4.69, 9.17) is 0 Å². The first-order chi connectivity index (χ1) is 11.3. The molecule has 122 valence electrons. The Labute approximate surface area is 140 Å². The van der Waals surface area contributed by atoms with Gasteiger partial charge >= 0.3 is 0 Å². The molecular formula is C19H19N3O2. The van der Waals surface area contributed by atoms with Gasteiger partial charge in [0.25, 0.3) is 5.91 Å². The van der Waals surface area contributed by atoms with Crippen molar-refractivity contribution in [3.05, 3.63) is 65.7 Å². The molecule has 2 amide bonds. The Morgan fingerprint density at radius 3 is 2.58 bits per heavy atom. The summed E-state index contributed by atoms with van der Waals surface area (Å²) in [6.45, 7) is 6.25. The minimum absolute atomic E-state index is 0.0117. The van der Waals surface area contributed by atoms with Gasteiger partial charge < -0.3 is 5.32 Å². The number of rotatable bonds is 1. The third-order valence-electron chi connectivity index (χ3n) is 4.01. The highest BCUT2D eigenvalue weighted by atomic mass is 16.2. The van der Waals surface area contributed by atoms with Crippen molar-refractivity contribution in [2.45, 2.75) is 20.8 Å². The topological polar surface area (TPSA) is 71.4 Å². The van der Waals surface area contributed by atoms with Gasteiger partial charge in [-0.3, -0.25) is 14.6 Å². The van der Waals surface area contributed by atoms with Crippen LogP contribution in [0.2, 0.25) is 0 Å². The number of amides is 2. The highest BCUT2D eigenvalue weighted by Gasteiger charge is 2.32. The fourth-order valence-electron chi connectivity index (χ4n) is 2.82. The minimum Gasteiger partial charge on any atom is -0.325 e. The summed E-state index contributed by atoms with van der Waals surface area (Å²) in [6.07, 6.45) is 10.3. The van der Waals surface area contributed by atoms with Gasteiger partial charge in [-0.2, -0.15) is 0 Å². The molecule has 5 heteroatoms. The van der Waals surface area contributed by atoms with Gasteiger partial charge in [-0.1, -0.05) is 26.8 Å². The van der Waals surface area contributed by atoms with E-state index >= 15 is 0 Å². The normalized spacial score (nSPS) is 21.7. The first kappa shape index (κ1) is 16.1. The molecule has 0 fully saturated rings. The number of pyridine rings is 1. The smallest absolute Gasteiger partial charge is 0.277 e. The molecular weight excluding hydrogens is 302 g/mol. The molecule has 0 bridgehead atoms. The lowest BCUT2D eigenvalue weighted by molar-refractivity contribution is -0.116. The molecule has 1 atom stereocenters. The monoisotopic (exact) mass is 321 g/mol. The van der Waals surface area contributed by atoms with Crippen molar-refractivity contribution in [3.8, 4) is 0 Å². The van der Waals surface area contributed by atoms with Crippen LogP contribution in [-0.2, 0) is 4.79 Å². The number of allylic oxidation sites excluding steroid dienone is 3. The average molecular weight is 321 g/mol. The maximum atomic E-state index is 12.2. The van der Waals surface area contributed by atoms with Gasteiger partial charge in [0.15, 0.2) is 0 Å². The van der Waals surface area contributed by atoms with Crippen LogP contribution in [0.1, 0.15) is 31.1 Å². The van der Waals surface area contributed by atoms with Crippen LogP contribution in [0, 0.1) is 11.3 Å². The van der Waals surface area contributed by atoms with Gasteiger partial charge in [0.1, 0.15) is 0 Å². The molecule has 0 aromatic carbocycles. The summed E-state index contributed by atoms with van der Waals surface area (Å²) >= 11 is 0. The molecule has 0 saturated heterocycles.